The molecule has 180 valence electrons. The molecule has 1 heterocycles. The molecule has 31 heavy (non-hydrogen) atoms. The third-order valence-corrected chi connectivity index (χ3v) is 6.54. The lowest BCUT2D eigenvalue weighted by Crippen LogP contribution is -2.50. The number of nitrogens with zero attached hydrogens (tertiary/aromatic N) is 1. The Morgan fingerprint density at radius 2 is 1.68 bits per heavy atom. The number of ether oxygens (including phenoxy) is 2. The highest BCUT2D eigenvalue weighted by atomic mass is 33.1. The fourth-order valence-corrected chi connectivity index (χ4v) is 4.62. The van der Waals surface area contributed by atoms with Gasteiger partial charge in [-0.15, -0.1) is 0 Å². The Hall–Kier alpha value is -1.30. The third kappa shape index (κ3) is 13.7. The standard InChI is InChI=1S/C18H31N3O6S2.C2H6/c1-13(22)26-9-10-28-29-12-18(4,19)27-8-7-17(2,3)20-14(23)11-21-15(24)5-6-16(21)25;1-2/h5-12,19H2,1-4H3,(H,20,23);1-2H3. The second-order valence-corrected chi connectivity index (χ2v) is 10.2. The number of esters is 1. The van der Waals surface area contributed by atoms with Crippen LogP contribution < -0.4 is 11.1 Å². The Morgan fingerprint density at radius 3 is 2.23 bits per heavy atom. The summed E-state index contributed by atoms with van der Waals surface area (Å²) in [4.78, 5) is 47.1. The van der Waals surface area contributed by atoms with Gasteiger partial charge in [0.25, 0.3) is 0 Å². The molecule has 3 N–H and O–H groups in total. The molecule has 0 aromatic rings. The van der Waals surface area contributed by atoms with Crippen LogP contribution in [0.15, 0.2) is 0 Å². The van der Waals surface area contributed by atoms with Gasteiger partial charge in [0.1, 0.15) is 18.9 Å². The van der Waals surface area contributed by atoms with Gasteiger partial charge in [-0.1, -0.05) is 35.4 Å². The molecule has 0 spiro atoms. The lowest BCUT2D eigenvalue weighted by Gasteiger charge is -2.30. The number of likely N-dealkylation sites (tertiary alicyclic amines) is 1. The van der Waals surface area contributed by atoms with Gasteiger partial charge in [0.15, 0.2) is 0 Å². The molecule has 1 saturated heterocycles. The molecule has 1 aliphatic rings. The van der Waals surface area contributed by atoms with Crippen molar-refractivity contribution in [3.8, 4) is 0 Å². The zero-order chi connectivity index (χ0) is 24.1. The maximum atomic E-state index is 12.2. The number of rotatable bonds is 13. The van der Waals surface area contributed by atoms with Crippen LogP contribution in [0.1, 0.15) is 60.8 Å². The lowest BCUT2D eigenvalue weighted by atomic mass is 10.0. The SMILES string of the molecule is CC.CC(=O)OCCSSCC(C)(N)OCCC(C)(C)NC(=O)CN1C(=O)CCC1=O. The van der Waals surface area contributed by atoms with Gasteiger partial charge in [0.2, 0.25) is 17.7 Å². The molecular formula is C20H37N3O6S2. The largest absolute Gasteiger partial charge is 0.465 e. The number of hydrogen-bond donors (Lipinski definition) is 2. The molecular weight excluding hydrogens is 442 g/mol. The van der Waals surface area contributed by atoms with Gasteiger partial charge in [-0.25, -0.2) is 0 Å². The van der Waals surface area contributed by atoms with Crippen LogP contribution in [-0.2, 0) is 28.7 Å². The van der Waals surface area contributed by atoms with E-state index in [1.165, 1.54) is 17.7 Å². The molecule has 1 unspecified atom stereocenters. The van der Waals surface area contributed by atoms with E-state index >= 15 is 0 Å². The summed E-state index contributed by atoms with van der Waals surface area (Å²) in [7, 11) is 3.08. The number of nitrogens with one attached hydrogen (secondary N) is 1. The van der Waals surface area contributed by atoms with E-state index in [-0.39, 0.29) is 43.1 Å². The van der Waals surface area contributed by atoms with Crippen molar-refractivity contribution in [3.05, 3.63) is 0 Å². The van der Waals surface area contributed by atoms with Crippen molar-refractivity contribution < 1.29 is 28.7 Å². The molecule has 1 rings (SSSR count). The van der Waals surface area contributed by atoms with Gasteiger partial charge >= 0.3 is 5.97 Å². The Bertz CT molecular complexity index is 598. The molecule has 1 atom stereocenters. The monoisotopic (exact) mass is 479 g/mol. The summed E-state index contributed by atoms with van der Waals surface area (Å²) in [5, 5.41) is 2.83. The zero-order valence-electron chi connectivity index (χ0n) is 19.4. The van der Waals surface area contributed by atoms with Crippen molar-refractivity contribution >= 4 is 45.3 Å². The van der Waals surface area contributed by atoms with E-state index in [1.807, 2.05) is 27.7 Å². The average Bonchev–Trinajstić information content (AvgIpc) is 2.97. The normalized spacial score (nSPS) is 15.8. The first kappa shape index (κ1) is 29.7. The Labute approximate surface area is 193 Å². The highest BCUT2D eigenvalue weighted by Gasteiger charge is 2.32. The van der Waals surface area contributed by atoms with Crippen LogP contribution in [0.4, 0.5) is 0 Å². The van der Waals surface area contributed by atoms with Gasteiger partial charge in [0, 0.05) is 36.8 Å². The van der Waals surface area contributed by atoms with Crippen LogP contribution in [0.3, 0.4) is 0 Å². The minimum Gasteiger partial charge on any atom is -0.465 e. The van der Waals surface area contributed by atoms with Crippen LogP contribution in [0.5, 0.6) is 0 Å². The summed E-state index contributed by atoms with van der Waals surface area (Å²) in [6.45, 7) is 11.3. The van der Waals surface area contributed by atoms with Crippen molar-refractivity contribution in [1.29, 1.82) is 0 Å². The van der Waals surface area contributed by atoms with Gasteiger partial charge in [-0.05, 0) is 27.2 Å². The van der Waals surface area contributed by atoms with Crippen LogP contribution in [0.25, 0.3) is 0 Å². The predicted molar refractivity (Wildman–Crippen MR) is 124 cm³/mol. The van der Waals surface area contributed by atoms with Crippen LogP contribution in [-0.4, -0.2) is 71.1 Å². The van der Waals surface area contributed by atoms with E-state index in [0.29, 0.717) is 31.1 Å². The Balaban J connectivity index is 0.00000436. The fraction of sp³-hybridized carbons (Fsp3) is 0.800. The van der Waals surface area contributed by atoms with Crippen molar-refractivity contribution in [1.82, 2.24) is 10.2 Å². The van der Waals surface area contributed by atoms with Gasteiger partial charge in [-0.3, -0.25) is 24.1 Å². The Kier molecular flexibility index (Phi) is 14.1. The van der Waals surface area contributed by atoms with Gasteiger partial charge < -0.3 is 20.5 Å². The smallest absolute Gasteiger partial charge is 0.302 e. The average molecular weight is 480 g/mol. The van der Waals surface area contributed by atoms with Crippen molar-refractivity contribution in [2.45, 2.75) is 72.1 Å². The quantitative estimate of drug-likeness (QED) is 0.134. The maximum absolute atomic E-state index is 12.2. The van der Waals surface area contributed by atoms with E-state index < -0.39 is 11.3 Å². The summed E-state index contributed by atoms with van der Waals surface area (Å²) in [6, 6.07) is 0. The van der Waals surface area contributed by atoms with E-state index in [9.17, 15) is 19.2 Å². The Morgan fingerprint density at radius 1 is 1.10 bits per heavy atom. The van der Waals surface area contributed by atoms with Crippen molar-refractivity contribution in [2.75, 3.05) is 31.3 Å². The lowest BCUT2D eigenvalue weighted by molar-refractivity contribution is -0.143. The van der Waals surface area contributed by atoms with Crippen molar-refractivity contribution in [3.63, 3.8) is 0 Å². The second-order valence-electron chi connectivity index (χ2n) is 7.64. The summed E-state index contributed by atoms with van der Waals surface area (Å²) in [5.74, 6) is -0.0860. The molecule has 0 radical (unpaired) electrons. The molecule has 0 bridgehead atoms. The minimum atomic E-state index is -0.840. The molecule has 0 aromatic heterocycles. The zero-order valence-corrected chi connectivity index (χ0v) is 21.1. The predicted octanol–water partition coefficient (Wildman–Crippen LogP) is 2.08. The molecule has 0 aliphatic carbocycles. The highest BCUT2D eigenvalue weighted by molar-refractivity contribution is 8.76. The second kappa shape index (κ2) is 14.7. The molecule has 1 aliphatic heterocycles. The highest BCUT2D eigenvalue weighted by Crippen LogP contribution is 2.25. The first-order valence-electron chi connectivity index (χ1n) is 10.4. The molecule has 11 heteroatoms. The van der Waals surface area contributed by atoms with E-state index in [1.54, 1.807) is 17.7 Å². The molecule has 9 nitrogen and oxygen atoms in total. The molecule has 0 aromatic carbocycles. The van der Waals surface area contributed by atoms with E-state index in [0.717, 1.165) is 4.90 Å². The number of hydrogen-bond acceptors (Lipinski definition) is 9. The topological polar surface area (TPSA) is 128 Å². The summed E-state index contributed by atoms with van der Waals surface area (Å²) >= 11 is 0. The summed E-state index contributed by atoms with van der Waals surface area (Å²) in [6.07, 6.45) is 0.842. The summed E-state index contributed by atoms with van der Waals surface area (Å²) in [5.41, 5.74) is 4.72. The minimum absolute atomic E-state index is 0.165. The first-order chi connectivity index (χ1) is 14.4. The van der Waals surface area contributed by atoms with Gasteiger partial charge in [0.05, 0.1) is 6.61 Å². The summed E-state index contributed by atoms with van der Waals surface area (Å²) < 4.78 is 10.6. The fourth-order valence-electron chi connectivity index (χ4n) is 2.44. The van der Waals surface area contributed by atoms with E-state index in [2.05, 4.69) is 5.32 Å². The van der Waals surface area contributed by atoms with E-state index in [4.69, 9.17) is 15.2 Å². The van der Waals surface area contributed by atoms with Crippen LogP contribution >= 0.6 is 21.6 Å². The van der Waals surface area contributed by atoms with Gasteiger partial charge in [-0.2, -0.15) is 0 Å². The number of carbonyl (C=O) groups is 4. The van der Waals surface area contributed by atoms with Crippen LogP contribution in [0.2, 0.25) is 0 Å². The molecule has 1 fully saturated rings. The van der Waals surface area contributed by atoms with Crippen molar-refractivity contribution in [2.24, 2.45) is 5.73 Å². The molecule has 0 saturated carbocycles. The number of amides is 3. The number of carbonyl (C=O) groups excluding carboxylic acids is 4. The van der Waals surface area contributed by atoms with Crippen LogP contribution in [0, 0.1) is 0 Å². The first-order valence-corrected chi connectivity index (χ1v) is 12.9. The number of nitrogens with two attached hydrogens (primary N) is 1. The number of imide groups is 1. The molecule has 3 amide bonds. The third-order valence-electron chi connectivity index (χ3n) is 3.99. The maximum Gasteiger partial charge on any atom is 0.302 e.